The molecule has 2 nitrogen and oxygen atoms in total. The molecular formula is C22H28ClNO. The lowest BCUT2D eigenvalue weighted by atomic mass is 9.53. The minimum atomic E-state index is 0. The van der Waals surface area contributed by atoms with E-state index in [1.54, 1.807) is 0 Å². The maximum absolute atomic E-state index is 5.72. The molecule has 0 aliphatic heterocycles. The first kappa shape index (κ1) is 17.2. The lowest BCUT2D eigenvalue weighted by Gasteiger charge is -2.57. The molecule has 4 aliphatic rings. The molecule has 1 aromatic carbocycles. The monoisotopic (exact) mass is 357 g/mol. The minimum Gasteiger partial charge on any atom is -0.461 e. The van der Waals surface area contributed by atoms with Crippen LogP contribution in [0.1, 0.15) is 49.8 Å². The number of furan rings is 1. The molecule has 0 spiro atoms. The van der Waals surface area contributed by atoms with Crippen molar-refractivity contribution in [1.29, 1.82) is 0 Å². The molecule has 0 radical (unpaired) electrons. The van der Waals surface area contributed by atoms with Gasteiger partial charge in [-0.25, -0.2) is 0 Å². The predicted molar refractivity (Wildman–Crippen MR) is 104 cm³/mol. The molecule has 0 saturated heterocycles. The molecule has 0 amide bonds. The normalized spacial score (nSPS) is 32.6. The van der Waals surface area contributed by atoms with E-state index in [1.165, 1.54) is 49.7 Å². The number of nitrogens with one attached hydrogen (secondary N) is 1. The molecule has 1 N–H and O–H groups in total. The highest BCUT2D eigenvalue weighted by atomic mass is 35.5. The quantitative estimate of drug-likeness (QED) is 0.755. The van der Waals surface area contributed by atoms with Crippen LogP contribution in [-0.2, 0) is 6.54 Å². The molecule has 4 fully saturated rings. The van der Waals surface area contributed by atoms with Crippen LogP contribution in [0.2, 0.25) is 0 Å². The third-order valence-electron chi connectivity index (χ3n) is 6.68. The highest BCUT2D eigenvalue weighted by Gasteiger charge is 2.50. The van der Waals surface area contributed by atoms with E-state index < -0.39 is 0 Å². The first-order valence-electron chi connectivity index (χ1n) is 9.58. The molecule has 6 rings (SSSR count). The molecule has 1 heterocycles. The molecule has 25 heavy (non-hydrogen) atoms. The fraction of sp³-hybridized carbons (Fsp3) is 0.545. The van der Waals surface area contributed by atoms with Gasteiger partial charge in [-0.1, -0.05) is 24.3 Å². The second-order valence-electron chi connectivity index (χ2n) is 8.66. The topological polar surface area (TPSA) is 25.2 Å². The van der Waals surface area contributed by atoms with Crippen molar-refractivity contribution < 1.29 is 4.42 Å². The Balaban J connectivity index is 0.00000157. The molecule has 0 unspecified atom stereocenters. The molecule has 2 aromatic rings. The van der Waals surface area contributed by atoms with Gasteiger partial charge in [-0.05, 0) is 80.9 Å². The minimum absolute atomic E-state index is 0. The SMILES string of the molecule is Cc1ccc(-c2ccc(CNC34CC5CC(CC(C5)C3)C4)cc2)o1.Cl. The molecule has 134 valence electrons. The Morgan fingerprint density at radius 1 is 0.920 bits per heavy atom. The van der Waals surface area contributed by atoms with Gasteiger partial charge in [0.05, 0.1) is 0 Å². The van der Waals surface area contributed by atoms with E-state index in [1.807, 2.05) is 13.0 Å². The Morgan fingerprint density at radius 3 is 2.04 bits per heavy atom. The van der Waals surface area contributed by atoms with Gasteiger partial charge in [0.2, 0.25) is 0 Å². The first-order chi connectivity index (χ1) is 11.7. The van der Waals surface area contributed by atoms with Gasteiger partial charge < -0.3 is 9.73 Å². The molecule has 0 atom stereocenters. The Morgan fingerprint density at radius 2 is 1.52 bits per heavy atom. The molecule has 1 aromatic heterocycles. The third kappa shape index (κ3) is 3.27. The van der Waals surface area contributed by atoms with Crippen molar-refractivity contribution in [2.45, 2.75) is 57.5 Å². The Kier molecular flexibility index (Phi) is 4.45. The highest BCUT2D eigenvalue weighted by Crippen LogP contribution is 2.55. The lowest BCUT2D eigenvalue weighted by molar-refractivity contribution is -0.0206. The number of hydrogen-bond acceptors (Lipinski definition) is 2. The Labute approximate surface area is 156 Å². The first-order valence-corrected chi connectivity index (χ1v) is 9.58. The van der Waals surface area contributed by atoms with Crippen molar-refractivity contribution in [3.8, 4) is 11.3 Å². The Hall–Kier alpha value is -1.25. The largest absolute Gasteiger partial charge is 0.461 e. The highest BCUT2D eigenvalue weighted by molar-refractivity contribution is 5.85. The zero-order valence-electron chi connectivity index (χ0n) is 15.0. The van der Waals surface area contributed by atoms with Crippen molar-refractivity contribution in [2.75, 3.05) is 0 Å². The van der Waals surface area contributed by atoms with E-state index in [-0.39, 0.29) is 12.4 Å². The van der Waals surface area contributed by atoms with Crippen LogP contribution in [-0.4, -0.2) is 5.54 Å². The zero-order chi connectivity index (χ0) is 16.1. The van der Waals surface area contributed by atoms with Crippen molar-refractivity contribution in [1.82, 2.24) is 5.32 Å². The summed E-state index contributed by atoms with van der Waals surface area (Å²) in [4.78, 5) is 0. The van der Waals surface area contributed by atoms with Gasteiger partial charge in [0.15, 0.2) is 0 Å². The van der Waals surface area contributed by atoms with Gasteiger partial charge in [0.1, 0.15) is 11.5 Å². The van der Waals surface area contributed by atoms with Gasteiger partial charge in [-0.2, -0.15) is 0 Å². The molecule has 4 aliphatic carbocycles. The van der Waals surface area contributed by atoms with Crippen molar-refractivity contribution >= 4 is 12.4 Å². The van der Waals surface area contributed by atoms with Gasteiger partial charge in [0, 0.05) is 17.6 Å². The van der Waals surface area contributed by atoms with Crippen LogP contribution in [0.25, 0.3) is 11.3 Å². The van der Waals surface area contributed by atoms with Crippen LogP contribution in [0.3, 0.4) is 0 Å². The third-order valence-corrected chi connectivity index (χ3v) is 6.68. The second-order valence-corrected chi connectivity index (χ2v) is 8.66. The summed E-state index contributed by atoms with van der Waals surface area (Å²) in [6.07, 6.45) is 8.79. The average Bonchev–Trinajstić information content (AvgIpc) is 2.99. The standard InChI is InChI=1S/C22H27NO.ClH/c1-15-2-7-21(24-15)20-5-3-16(4-6-20)14-23-22-11-17-8-18(12-22)10-19(9-17)13-22;/h2-7,17-19,23H,8-14H2,1H3;1H. The summed E-state index contributed by atoms with van der Waals surface area (Å²) in [7, 11) is 0. The van der Waals surface area contributed by atoms with Gasteiger partial charge >= 0.3 is 0 Å². The van der Waals surface area contributed by atoms with Crippen LogP contribution < -0.4 is 5.32 Å². The van der Waals surface area contributed by atoms with Crippen LogP contribution in [0.5, 0.6) is 0 Å². The second kappa shape index (κ2) is 6.48. The number of benzene rings is 1. The van der Waals surface area contributed by atoms with E-state index >= 15 is 0 Å². The van der Waals surface area contributed by atoms with Crippen molar-refractivity contribution in [2.24, 2.45) is 17.8 Å². The maximum atomic E-state index is 5.72. The fourth-order valence-corrected chi connectivity index (χ4v) is 5.99. The van der Waals surface area contributed by atoms with Gasteiger partial charge in [0.25, 0.3) is 0 Å². The molecule has 3 heteroatoms. The smallest absolute Gasteiger partial charge is 0.134 e. The number of rotatable bonds is 4. The zero-order valence-corrected chi connectivity index (χ0v) is 15.8. The van der Waals surface area contributed by atoms with Gasteiger partial charge in [-0.3, -0.25) is 0 Å². The van der Waals surface area contributed by atoms with E-state index in [4.69, 9.17) is 4.42 Å². The summed E-state index contributed by atoms with van der Waals surface area (Å²) in [5, 5.41) is 3.98. The van der Waals surface area contributed by atoms with E-state index in [9.17, 15) is 0 Å². The van der Waals surface area contributed by atoms with Crippen LogP contribution in [0.15, 0.2) is 40.8 Å². The number of aryl methyl sites for hydroxylation is 1. The van der Waals surface area contributed by atoms with Crippen LogP contribution >= 0.6 is 12.4 Å². The van der Waals surface area contributed by atoms with E-state index in [2.05, 4.69) is 35.6 Å². The van der Waals surface area contributed by atoms with Crippen molar-refractivity contribution in [3.63, 3.8) is 0 Å². The fourth-order valence-electron chi connectivity index (χ4n) is 5.99. The summed E-state index contributed by atoms with van der Waals surface area (Å²) >= 11 is 0. The summed E-state index contributed by atoms with van der Waals surface area (Å²) in [5.74, 6) is 4.96. The summed E-state index contributed by atoms with van der Waals surface area (Å²) < 4.78 is 5.72. The van der Waals surface area contributed by atoms with Crippen LogP contribution in [0, 0.1) is 24.7 Å². The predicted octanol–water partition coefficient (Wildman–Crippen LogP) is 5.74. The van der Waals surface area contributed by atoms with E-state index in [0.717, 1.165) is 35.8 Å². The lowest BCUT2D eigenvalue weighted by Crippen LogP contribution is -2.58. The summed E-state index contributed by atoms with van der Waals surface area (Å²) in [5.41, 5.74) is 3.00. The van der Waals surface area contributed by atoms with Crippen molar-refractivity contribution in [3.05, 3.63) is 47.7 Å². The number of hydrogen-bond donors (Lipinski definition) is 1. The maximum Gasteiger partial charge on any atom is 0.134 e. The summed E-state index contributed by atoms with van der Waals surface area (Å²) in [6, 6.07) is 13.0. The number of halogens is 1. The molecular weight excluding hydrogens is 330 g/mol. The molecule has 4 bridgehead atoms. The van der Waals surface area contributed by atoms with Crippen LogP contribution in [0.4, 0.5) is 0 Å². The average molecular weight is 358 g/mol. The summed E-state index contributed by atoms with van der Waals surface area (Å²) in [6.45, 7) is 3.00. The van der Waals surface area contributed by atoms with E-state index in [0.29, 0.717) is 5.54 Å². The molecule has 4 saturated carbocycles. The Bertz CT molecular complexity index is 697. The van der Waals surface area contributed by atoms with Gasteiger partial charge in [-0.15, -0.1) is 12.4 Å².